The number of hydrazine groups is 1. The number of nitrogens with one attached hydrogen (secondary N) is 1. The van der Waals surface area contributed by atoms with Gasteiger partial charge in [-0.15, -0.1) is 0 Å². The number of nitrogens with zero attached hydrogens (tertiary/aromatic N) is 3. The Morgan fingerprint density at radius 1 is 1.30 bits per heavy atom. The molecule has 106 valence electrons. The smallest absolute Gasteiger partial charge is 0.191 e. The van der Waals surface area contributed by atoms with Crippen molar-refractivity contribution < 1.29 is 0 Å². The van der Waals surface area contributed by atoms with Gasteiger partial charge in [0.15, 0.2) is 5.16 Å². The lowest BCUT2D eigenvalue weighted by Gasteiger charge is -2.23. The minimum atomic E-state index is 0.616. The largest absolute Gasteiger partial charge is 0.326 e. The molecule has 1 heterocycles. The van der Waals surface area contributed by atoms with Crippen LogP contribution in [0.5, 0.6) is 0 Å². The van der Waals surface area contributed by atoms with Gasteiger partial charge in [-0.2, -0.15) is 0 Å². The number of rotatable bonds is 5. The van der Waals surface area contributed by atoms with E-state index in [1.54, 1.807) is 0 Å². The van der Waals surface area contributed by atoms with Crippen LogP contribution in [0.4, 0.5) is 17.3 Å². The van der Waals surface area contributed by atoms with E-state index < -0.39 is 0 Å². The fourth-order valence-electron chi connectivity index (χ4n) is 1.99. The number of hydrogen-bond acceptors (Lipinski definition) is 6. The maximum Gasteiger partial charge on any atom is 0.191 e. The highest BCUT2D eigenvalue weighted by Gasteiger charge is 2.12. The fourth-order valence-corrected chi connectivity index (χ4v) is 2.36. The molecular weight excluding hydrogens is 270 g/mol. The maximum absolute atomic E-state index is 5.48. The predicted molar refractivity (Wildman–Crippen MR) is 85.5 cm³/mol. The van der Waals surface area contributed by atoms with E-state index in [0.717, 1.165) is 18.1 Å². The second kappa shape index (κ2) is 6.58. The standard InChI is InChI=1S/C14H19N5S/c1-4-19(11-7-5-6-10(2)8-11)13-9-12(18-15)16-14(17-13)20-3/h5-9H,4,15H2,1-3H3,(H,16,17,18). The van der Waals surface area contributed by atoms with Crippen molar-refractivity contribution in [3.05, 3.63) is 35.9 Å². The lowest BCUT2D eigenvalue weighted by molar-refractivity contribution is 0.909. The van der Waals surface area contributed by atoms with Crippen molar-refractivity contribution in [3.8, 4) is 0 Å². The first-order valence-corrected chi connectivity index (χ1v) is 7.64. The van der Waals surface area contributed by atoms with Crippen LogP contribution >= 0.6 is 11.8 Å². The molecule has 2 rings (SSSR count). The van der Waals surface area contributed by atoms with E-state index in [2.05, 4.69) is 52.3 Å². The highest BCUT2D eigenvalue weighted by molar-refractivity contribution is 7.98. The zero-order valence-electron chi connectivity index (χ0n) is 11.9. The van der Waals surface area contributed by atoms with Crippen molar-refractivity contribution in [1.29, 1.82) is 0 Å². The molecule has 0 unspecified atom stereocenters. The summed E-state index contributed by atoms with van der Waals surface area (Å²) in [6.45, 7) is 4.99. The third kappa shape index (κ3) is 3.20. The van der Waals surface area contributed by atoms with Crippen molar-refractivity contribution in [2.45, 2.75) is 19.0 Å². The molecule has 0 saturated heterocycles. The van der Waals surface area contributed by atoms with Gasteiger partial charge in [0.1, 0.15) is 11.6 Å². The van der Waals surface area contributed by atoms with Gasteiger partial charge >= 0.3 is 0 Å². The number of benzene rings is 1. The Morgan fingerprint density at radius 2 is 2.10 bits per heavy atom. The number of aromatic nitrogens is 2. The van der Waals surface area contributed by atoms with Gasteiger partial charge in [0.05, 0.1) is 0 Å². The summed E-state index contributed by atoms with van der Waals surface area (Å²) in [5.74, 6) is 6.93. The quantitative estimate of drug-likeness (QED) is 0.382. The van der Waals surface area contributed by atoms with E-state index >= 15 is 0 Å². The maximum atomic E-state index is 5.48. The normalized spacial score (nSPS) is 10.4. The predicted octanol–water partition coefficient (Wildman–Crippen LogP) is 2.95. The molecule has 0 aliphatic heterocycles. The van der Waals surface area contributed by atoms with E-state index in [4.69, 9.17) is 5.84 Å². The summed E-state index contributed by atoms with van der Waals surface area (Å²) in [4.78, 5) is 11.0. The molecule has 6 heteroatoms. The highest BCUT2D eigenvalue weighted by atomic mass is 32.2. The molecule has 3 N–H and O–H groups in total. The lowest BCUT2D eigenvalue weighted by atomic mass is 10.2. The van der Waals surface area contributed by atoms with Crippen LogP contribution in [0, 0.1) is 6.92 Å². The number of hydrogen-bond donors (Lipinski definition) is 2. The van der Waals surface area contributed by atoms with Gasteiger partial charge in [-0.3, -0.25) is 0 Å². The molecule has 2 aromatic rings. The van der Waals surface area contributed by atoms with Gasteiger partial charge in [-0.25, -0.2) is 15.8 Å². The number of nitrogens with two attached hydrogens (primary N) is 1. The Morgan fingerprint density at radius 3 is 2.70 bits per heavy atom. The zero-order chi connectivity index (χ0) is 14.5. The molecule has 1 aromatic heterocycles. The molecule has 0 aliphatic carbocycles. The third-order valence-corrected chi connectivity index (χ3v) is 3.48. The summed E-state index contributed by atoms with van der Waals surface area (Å²) in [6, 6.07) is 10.2. The number of aryl methyl sites for hydroxylation is 1. The second-order valence-corrected chi connectivity index (χ2v) is 5.10. The van der Waals surface area contributed by atoms with Gasteiger partial charge in [-0.1, -0.05) is 23.9 Å². The van der Waals surface area contributed by atoms with Crippen LogP contribution in [-0.4, -0.2) is 22.8 Å². The van der Waals surface area contributed by atoms with Crippen LogP contribution in [0.1, 0.15) is 12.5 Å². The SMILES string of the molecule is CCN(c1cccc(C)c1)c1cc(NN)nc(SC)n1. The van der Waals surface area contributed by atoms with Crippen LogP contribution in [0.2, 0.25) is 0 Å². The van der Waals surface area contributed by atoms with Crippen LogP contribution in [0.25, 0.3) is 0 Å². The second-order valence-electron chi connectivity index (χ2n) is 4.33. The minimum Gasteiger partial charge on any atom is -0.326 e. The number of nitrogen functional groups attached to an aromatic ring is 1. The van der Waals surface area contributed by atoms with Crippen molar-refractivity contribution in [3.63, 3.8) is 0 Å². The molecular formula is C14H19N5S. The van der Waals surface area contributed by atoms with E-state index in [0.29, 0.717) is 11.0 Å². The Kier molecular flexibility index (Phi) is 4.81. The molecule has 5 nitrogen and oxygen atoms in total. The number of anilines is 3. The fraction of sp³-hybridized carbons (Fsp3) is 0.286. The summed E-state index contributed by atoms with van der Waals surface area (Å²) in [7, 11) is 0. The molecule has 0 spiro atoms. The molecule has 1 aromatic carbocycles. The van der Waals surface area contributed by atoms with E-state index in [9.17, 15) is 0 Å². The van der Waals surface area contributed by atoms with Crippen molar-refractivity contribution in [1.82, 2.24) is 9.97 Å². The Bertz CT molecular complexity index is 565. The van der Waals surface area contributed by atoms with Crippen molar-refractivity contribution >= 4 is 29.1 Å². The first kappa shape index (κ1) is 14.6. The average Bonchev–Trinajstić information content (AvgIpc) is 2.47. The molecule has 0 fully saturated rings. The van der Waals surface area contributed by atoms with Crippen LogP contribution < -0.4 is 16.2 Å². The Balaban J connectivity index is 2.45. The van der Waals surface area contributed by atoms with Crippen LogP contribution in [-0.2, 0) is 0 Å². The molecule has 0 atom stereocenters. The topological polar surface area (TPSA) is 67.1 Å². The van der Waals surface area contributed by atoms with Gasteiger partial charge in [0.25, 0.3) is 0 Å². The molecule has 0 saturated carbocycles. The van der Waals surface area contributed by atoms with E-state index in [1.807, 2.05) is 18.4 Å². The summed E-state index contributed by atoms with van der Waals surface area (Å²) in [5.41, 5.74) is 4.92. The summed E-state index contributed by atoms with van der Waals surface area (Å²) < 4.78 is 0. The van der Waals surface area contributed by atoms with Crippen LogP contribution in [0.15, 0.2) is 35.5 Å². The lowest BCUT2D eigenvalue weighted by Crippen LogP contribution is -2.19. The summed E-state index contributed by atoms with van der Waals surface area (Å²) in [6.07, 6.45) is 1.95. The number of thioether (sulfide) groups is 1. The van der Waals surface area contributed by atoms with Gasteiger partial charge in [0.2, 0.25) is 0 Å². The Labute approximate surface area is 123 Å². The Hall–Kier alpha value is -1.79. The molecule has 0 amide bonds. The minimum absolute atomic E-state index is 0.616. The molecule has 0 aliphatic rings. The van der Waals surface area contributed by atoms with Gasteiger partial charge in [-0.05, 0) is 37.8 Å². The summed E-state index contributed by atoms with van der Waals surface area (Å²) in [5, 5.41) is 0.696. The first-order valence-electron chi connectivity index (χ1n) is 6.41. The van der Waals surface area contributed by atoms with Crippen molar-refractivity contribution in [2.75, 3.05) is 23.1 Å². The molecule has 0 bridgehead atoms. The van der Waals surface area contributed by atoms with E-state index in [1.165, 1.54) is 17.3 Å². The highest BCUT2D eigenvalue weighted by Crippen LogP contribution is 2.27. The zero-order valence-corrected chi connectivity index (χ0v) is 12.7. The van der Waals surface area contributed by atoms with Gasteiger partial charge < -0.3 is 10.3 Å². The van der Waals surface area contributed by atoms with Crippen molar-refractivity contribution in [2.24, 2.45) is 5.84 Å². The monoisotopic (exact) mass is 289 g/mol. The molecule has 20 heavy (non-hydrogen) atoms. The van der Waals surface area contributed by atoms with Gasteiger partial charge in [0, 0.05) is 18.3 Å². The third-order valence-electron chi connectivity index (χ3n) is 2.93. The average molecular weight is 289 g/mol. The van der Waals surface area contributed by atoms with E-state index in [-0.39, 0.29) is 0 Å². The first-order chi connectivity index (χ1) is 9.67. The molecule has 0 radical (unpaired) electrons. The summed E-state index contributed by atoms with van der Waals surface area (Å²) >= 11 is 1.49. The van der Waals surface area contributed by atoms with Crippen LogP contribution in [0.3, 0.4) is 0 Å².